The van der Waals surface area contributed by atoms with Crippen LogP contribution in [-0.4, -0.2) is 37.6 Å². The summed E-state index contributed by atoms with van der Waals surface area (Å²) in [6.07, 6.45) is 0.471. The molecule has 28 heavy (non-hydrogen) atoms. The molecular formula is C19H13ClN4O4. The Hall–Kier alpha value is -3.52. The molecular weight excluding hydrogens is 384 g/mol. The van der Waals surface area contributed by atoms with Crippen LogP contribution in [0.2, 0.25) is 5.02 Å². The SMILES string of the molecule is CCc1nc(C(=O)ON2C(=O)c3ccccc3C2=O)nn1-c1ccccc1Cl. The Balaban J connectivity index is 1.63. The summed E-state index contributed by atoms with van der Waals surface area (Å²) in [4.78, 5) is 46.3. The first-order chi connectivity index (χ1) is 13.5. The lowest BCUT2D eigenvalue weighted by Gasteiger charge is -2.10. The maximum Gasteiger partial charge on any atom is 0.403 e. The summed E-state index contributed by atoms with van der Waals surface area (Å²) in [6.45, 7) is 1.84. The Morgan fingerprint density at radius 3 is 2.25 bits per heavy atom. The van der Waals surface area contributed by atoms with Gasteiger partial charge >= 0.3 is 5.97 Å². The first-order valence-corrected chi connectivity index (χ1v) is 8.80. The third kappa shape index (κ3) is 2.84. The third-order valence-corrected chi connectivity index (χ3v) is 4.50. The van der Waals surface area contributed by atoms with Gasteiger partial charge in [0.05, 0.1) is 21.8 Å². The van der Waals surface area contributed by atoms with Gasteiger partial charge in [0.15, 0.2) is 0 Å². The van der Waals surface area contributed by atoms with Crippen LogP contribution >= 0.6 is 11.6 Å². The van der Waals surface area contributed by atoms with E-state index in [1.165, 1.54) is 16.8 Å². The Morgan fingerprint density at radius 1 is 1.04 bits per heavy atom. The van der Waals surface area contributed by atoms with E-state index in [-0.39, 0.29) is 17.0 Å². The molecule has 4 rings (SSSR count). The van der Waals surface area contributed by atoms with Crippen molar-refractivity contribution in [3.63, 3.8) is 0 Å². The van der Waals surface area contributed by atoms with Crippen LogP contribution in [0.4, 0.5) is 0 Å². The molecule has 0 aliphatic carbocycles. The van der Waals surface area contributed by atoms with E-state index < -0.39 is 17.8 Å². The van der Waals surface area contributed by atoms with Gasteiger partial charge in [-0.25, -0.2) is 14.5 Å². The maximum absolute atomic E-state index is 12.5. The highest BCUT2D eigenvalue weighted by molar-refractivity contribution is 6.32. The highest BCUT2D eigenvalue weighted by Gasteiger charge is 2.39. The van der Waals surface area contributed by atoms with E-state index in [4.69, 9.17) is 16.4 Å². The summed E-state index contributed by atoms with van der Waals surface area (Å²) in [7, 11) is 0. The summed E-state index contributed by atoms with van der Waals surface area (Å²) in [5, 5.41) is 5.01. The molecule has 1 aromatic heterocycles. The topological polar surface area (TPSA) is 94.4 Å². The molecule has 0 N–H and O–H groups in total. The molecule has 0 spiro atoms. The van der Waals surface area contributed by atoms with Gasteiger partial charge in [0.2, 0.25) is 0 Å². The van der Waals surface area contributed by atoms with Crippen molar-refractivity contribution in [2.45, 2.75) is 13.3 Å². The summed E-state index contributed by atoms with van der Waals surface area (Å²) in [6, 6.07) is 13.2. The number of hydrogen-bond acceptors (Lipinski definition) is 6. The molecule has 0 bridgehead atoms. The number of rotatable bonds is 4. The molecule has 0 radical (unpaired) electrons. The number of imide groups is 1. The molecule has 2 amide bonds. The predicted octanol–water partition coefficient (Wildman–Crippen LogP) is 2.85. The molecule has 9 heteroatoms. The Bertz CT molecular complexity index is 1090. The normalized spacial score (nSPS) is 13.0. The van der Waals surface area contributed by atoms with E-state index >= 15 is 0 Å². The molecule has 140 valence electrons. The monoisotopic (exact) mass is 396 g/mol. The molecule has 2 aromatic carbocycles. The number of benzene rings is 2. The van der Waals surface area contributed by atoms with E-state index in [0.29, 0.717) is 28.0 Å². The Morgan fingerprint density at radius 2 is 1.64 bits per heavy atom. The maximum atomic E-state index is 12.5. The minimum Gasteiger partial charge on any atom is -0.321 e. The lowest BCUT2D eigenvalue weighted by molar-refractivity contribution is -0.0592. The number of hydrogen-bond donors (Lipinski definition) is 0. The van der Waals surface area contributed by atoms with Crippen molar-refractivity contribution in [3.8, 4) is 5.69 Å². The number of aryl methyl sites for hydroxylation is 1. The van der Waals surface area contributed by atoms with Gasteiger partial charge in [-0.3, -0.25) is 9.59 Å². The molecule has 0 atom stereocenters. The van der Waals surface area contributed by atoms with Crippen LogP contribution in [-0.2, 0) is 11.3 Å². The van der Waals surface area contributed by atoms with Crippen LogP contribution < -0.4 is 0 Å². The number of fused-ring (bicyclic) bond motifs is 1. The highest BCUT2D eigenvalue weighted by Crippen LogP contribution is 2.24. The minimum atomic E-state index is -1.02. The second-order valence-corrected chi connectivity index (χ2v) is 6.30. The quantitative estimate of drug-likeness (QED) is 0.629. The summed E-state index contributed by atoms with van der Waals surface area (Å²) < 4.78 is 1.43. The number of hydroxylamine groups is 2. The van der Waals surface area contributed by atoms with Crippen molar-refractivity contribution in [2.24, 2.45) is 0 Å². The number of aromatic nitrogens is 3. The fraction of sp³-hybridized carbons (Fsp3) is 0.105. The number of amides is 2. The van der Waals surface area contributed by atoms with Crippen molar-refractivity contribution in [1.29, 1.82) is 0 Å². The number of carbonyl (C=O) groups excluding carboxylic acids is 3. The van der Waals surface area contributed by atoms with Gasteiger partial charge in [0.25, 0.3) is 17.6 Å². The molecule has 8 nitrogen and oxygen atoms in total. The van der Waals surface area contributed by atoms with E-state index in [1.54, 1.807) is 36.4 Å². The van der Waals surface area contributed by atoms with Gasteiger partial charge in [0.1, 0.15) is 5.82 Å². The van der Waals surface area contributed by atoms with Crippen LogP contribution in [0.1, 0.15) is 44.1 Å². The first kappa shape index (κ1) is 17.9. The van der Waals surface area contributed by atoms with Crippen molar-refractivity contribution in [2.75, 3.05) is 0 Å². The summed E-state index contributed by atoms with van der Waals surface area (Å²) in [5.41, 5.74) is 0.890. The second-order valence-electron chi connectivity index (χ2n) is 5.90. The van der Waals surface area contributed by atoms with Crippen molar-refractivity contribution in [1.82, 2.24) is 19.8 Å². The Labute approximate surface area is 164 Å². The van der Waals surface area contributed by atoms with Gasteiger partial charge in [-0.1, -0.05) is 47.9 Å². The standard InChI is InChI=1S/C19H13ClN4O4/c1-2-15-21-16(22-23(15)14-10-6-5-9-13(14)20)19(27)28-24-17(25)11-7-3-4-8-12(11)18(24)26/h3-10H,2H2,1H3. The fourth-order valence-electron chi connectivity index (χ4n) is 2.85. The molecule has 0 unspecified atom stereocenters. The summed E-state index contributed by atoms with van der Waals surface area (Å²) >= 11 is 6.20. The van der Waals surface area contributed by atoms with Gasteiger partial charge in [-0.15, -0.1) is 5.10 Å². The van der Waals surface area contributed by atoms with E-state index in [0.717, 1.165) is 0 Å². The van der Waals surface area contributed by atoms with Crippen molar-refractivity contribution >= 4 is 29.4 Å². The van der Waals surface area contributed by atoms with Gasteiger partial charge in [-0.2, -0.15) is 0 Å². The number of para-hydroxylation sites is 1. The van der Waals surface area contributed by atoms with Crippen molar-refractivity contribution in [3.05, 3.63) is 76.3 Å². The lowest BCUT2D eigenvalue weighted by atomic mass is 10.1. The minimum absolute atomic E-state index is 0.170. The Kier molecular flexibility index (Phi) is 4.40. The van der Waals surface area contributed by atoms with Crippen LogP contribution in [0.15, 0.2) is 48.5 Å². The van der Waals surface area contributed by atoms with E-state index in [1.807, 2.05) is 6.92 Å². The first-order valence-electron chi connectivity index (χ1n) is 8.42. The zero-order chi connectivity index (χ0) is 19.8. The zero-order valence-electron chi connectivity index (χ0n) is 14.6. The van der Waals surface area contributed by atoms with Crippen molar-refractivity contribution < 1.29 is 19.2 Å². The van der Waals surface area contributed by atoms with E-state index in [9.17, 15) is 14.4 Å². The fourth-order valence-corrected chi connectivity index (χ4v) is 3.07. The molecule has 1 aliphatic rings. The molecule has 0 saturated heterocycles. The van der Waals surface area contributed by atoms with Gasteiger partial charge in [0, 0.05) is 6.42 Å². The number of halogens is 1. The average molecular weight is 397 g/mol. The molecule has 1 aliphatic heterocycles. The average Bonchev–Trinajstić information content (AvgIpc) is 3.24. The predicted molar refractivity (Wildman–Crippen MR) is 98.1 cm³/mol. The molecule has 2 heterocycles. The lowest BCUT2D eigenvalue weighted by Crippen LogP contribution is -2.33. The molecule has 3 aromatic rings. The van der Waals surface area contributed by atoms with Gasteiger partial charge < -0.3 is 4.84 Å². The largest absolute Gasteiger partial charge is 0.403 e. The van der Waals surface area contributed by atoms with Crippen LogP contribution in [0.5, 0.6) is 0 Å². The zero-order valence-corrected chi connectivity index (χ0v) is 15.4. The second kappa shape index (κ2) is 6.90. The molecule has 0 saturated carbocycles. The summed E-state index contributed by atoms with van der Waals surface area (Å²) in [5.74, 6) is -2.25. The van der Waals surface area contributed by atoms with Crippen LogP contribution in [0.3, 0.4) is 0 Å². The van der Waals surface area contributed by atoms with Gasteiger partial charge in [-0.05, 0) is 24.3 Å². The number of nitrogens with zero attached hydrogens (tertiary/aromatic N) is 4. The number of carbonyl (C=O) groups is 3. The van der Waals surface area contributed by atoms with E-state index in [2.05, 4.69) is 10.1 Å². The van der Waals surface area contributed by atoms with Crippen LogP contribution in [0.25, 0.3) is 5.69 Å². The highest BCUT2D eigenvalue weighted by atomic mass is 35.5. The van der Waals surface area contributed by atoms with Crippen LogP contribution in [0, 0.1) is 0 Å². The molecule has 0 fully saturated rings. The third-order valence-electron chi connectivity index (χ3n) is 4.18. The smallest absolute Gasteiger partial charge is 0.321 e.